The number of ether oxygens (including phenoxy) is 1. The van der Waals surface area contributed by atoms with E-state index in [1.54, 1.807) is 7.11 Å². The molecule has 0 spiro atoms. The van der Waals surface area contributed by atoms with Crippen LogP contribution in [-0.4, -0.2) is 37.5 Å². The predicted octanol–water partition coefficient (Wildman–Crippen LogP) is 1.02. The van der Waals surface area contributed by atoms with E-state index in [4.69, 9.17) is 4.74 Å². The summed E-state index contributed by atoms with van der Waals surface area (Å²) in [5.41, 5.74) is -0.442. The van der Waals surface area contributed by atoms with Gasteiger partial charge in [0.25, 0.3) is 0 Å². The average molecular weight is 201 g/mol. The van der Waals surface area contributed by atoms with Crippen LogP contribution in [-0.2, 0) is 4.74 Å². The van der Waals surface area contributed by atoms with Gasteiger partial charge in [-0.15, -0.1) is 0 Å². The number of aliphatic hydroxyl groups is 1. The topological polar surface area (TPSA) is 41.5 Å². The van der Waals surface area contributed by atoms with Crippen LogP contribution in [0.25, 0.3) is 0 Å². The van der Waals surface area contributed by atoms with Gasteiger partial charge in [0.15, 0.2) is 0 Å². The van der Waals surface area contributed by atoms with Gasteiger partial charge in [0.05, 0.1) is 12.2 Å². The van der Waals surface area contributed by atoms with Crippen molar-refractivity contribution in [3.8, 4) is 0 Å². The van der Waals surface area contributed by atoms with Gasteiger partial charge in [0, 0.05) is 20.2 Å². The first kappa shape index (κ1) is 12.0. The minimum Gasteiger partial charge on any atom is -0.389 e. The van der Waals surface area contributed by atoms with Gasteiger partial charge >= 0.3 is 0 Å². The van der Waals surface area contributed by atoms with Gasteiger partial charge in [-0.2, -0.15) is 0 Å². The summed E-state index contributed by atoms with van der Waals surface area (Å²) in [5.74, 6) is 1.42. The van der Waals surface area contributed by atoms with E-state index in [0.29, 0.717) is 25.0 Å². The lowest BCUT2D eigenvalue weighted by atomic mass is 9.66. The van der Waals surface area contributed by atoms with Gasteiger partial charge in [0.1, 0.15) is 0 Å². The molecule has 1 aliphatic rings. The molecule has 0 atom stereocenters. The molecule has 2 N–H and O–H groups in total. The molecule has 0 radical (unpaired) electrons. The Bertz CT molecular complexity index is 165. The highest BCUT2D eigenvalue weighted by atomic mass is 16.5. The molecule has 0 saturated heterocycles. The monoisotopic (exact) mass is 201 g/mol. The fourth-order valence-electron chi connectivity index (χ4n) is 2.03. The lowest BCUT2D eigenvalue weighted by Crippen LogP contribution is -2.52. The van der Waals surface area contributed by atoms with E-state index in [-0.39, 0.29) is 0 Å². The van der Waals surface area contributed by atoms with Gasteiger partial charge in [-0.3, -0.25) is 0 Å². The van der Waals surface area contributed by atoms with Crippen molar-refractivity contribution in [2.45, 2.75) is 32.3 Å². The summed E-state index contributed by atoms with van der Waals surface area (Å²) >= 11 is 0. The molecule has 3 heteroatoms. The summed E-state index contributed by atoms with van der Waals surface area (Å²) in [6.45, 7) is 6.69. The Morgan fingerprint density at radius 3 is 2.64 bits per heavy atom. The molecule has 0 amide bonds. The first-order valence-corrected chi connectivity index (χ1v) is 5.49. The maximum Gasteiger partial charge on any atom is 0.0777 e. The van der Waals surface area contributed by atoms with Crippen LogP contribution in [0, 0.1) is 11.8 Å². The third-order valence-electron chi connectivity index (χ3n) is 3.16. The average Bonchev–Trinajstić information content (AvgIpc) is 2.08. The van der Waals surface area contributed by atoms with Crippen molar-refractivity contribution in [3.05, 3.63) is 0 Å². The van der Waals surface area contributed by atoms with Crippen molar-refractivity contribution in [1.82, 2.24) is 5.32 Å². The van der Waals surface area contributed by atoms with Crippen LogP contribution in [0.3, 0.4) is 0 Å². The number of nitrogens with one attached hydrogen (secondary N) is 1. The lowest BCUT2D eigenvalue weighted by Gasteiger charge is -2.46. The van der Waals surface area contributed by atoms with Crippen molar-refractivity contribution in [3.63, 3.8) is 0 Å². The maximum atomic E-state index is 10.0. The zero-order valence-electron chi connectivity index (χ0n) is 9.55. The van der Waals surface area contributed by atoms with Crippen LogP contribution in [0.4, 0.5) is 0 Å². The molecular weight excluding hydrogens is 178 g/mol. The zero-order chi connectivity index (χ0) is 10.6. The highest BCUT2D eigenvalue weighted by Gasteiger charge is 2.43. The Kier molecular flexibility index (Phi) is 4.35. The smallest absolute Gasteiger partial charge is 0.0777 e. The van der Waals surface area contributed by atoms with Crippen molar-refractivity contribution in [1.29, 1.82) is 0 Å². The van der Waals surface area contributed by atoms with Gasteiger partial charge in [-0.1, -0.05) is 13.8 Å². The molecule has 0 aromatic heterocycles. The normalized spacial score (nSPS) is 31.9. The summed E-state index contributed by atoms with van der Waals surface area (Å²) in [4.78, 5) is 0. The van der Waals surface area contributed by atoms with Crippen LogP contribution < -0.4 is 5.32 Å². The van der Waals surface area contributed by atoms with Crippen LogP contribution >= 0.6 is 0 Å². The van der Waals surface area contributed by atoms with Gasteiger partial charge < -0.3 is 15.2 Å². The third-order valence-corrected chi connectivity index (χ3v) is 3.16. The second kappa shape index (κ2) is 5.10. The summed E-state index contributed by atoms with van der Waals surface area (Å²) in [5, 5.41) is 13.2. The Morgan fingerprint density at radius 2 is 2.14 bits per heavy atom. The van der Waals surface area contributed by atoms with E-state index in [9.17, 15) is 5.11 Å². The molecule has 0 aromatic carbocycles. The molecular formula is C11H23NO2. The zero-order valence-corrected chi connectivity index (χ0v) is 9.55. The molecule has 0 aromatic rings. The van der Waals surface area contributed by atoms with Crippen LogP contribution in [0.5, 0.6) is 0 Å². The highest BCUT2D eigenvalue weighted by molar-refractivity contribution is 4.96. The second-order valence-electron chi connectivity index (χ2n) is 4.81. The number of methoxy groups -OCH3 is 1. The third kappa shape index (κ3) is 3.23. The fraction of sp³-hybridized carbons (Fsp3) is 1.00. The summed E-state index contributed by atoms with van der Waals surface area (Å²) in [6, 6.07) is 0. The maximum absolute atomic E-state index is 10.0. The lowest BCUT2D eigenvalue weighted by molar-refractivity contribution is -0.0847. The largest absolute Gasteiger partial charge is 0.389 e. The highest BCUT2D eigenvalue weighted by Crippen LogP contribution is 2.41. The summed E-state index contributed by atoms with van der Waals surface area (Å²) in [6.07, 6.45) is 1.90. The Morgan fingerprint density at radius 1 is 1.50 bits per heavy atom. The standard InChI is InChI=1S/C11H23NO2/c1-9(2)10-6-11(13,7-10)8-12-4-5-14-3/h9-10,12-13H,4-8H2,1-3H3. The van der Waals surface area contributed by atoms with Crippen molar-refractivity contribution in [2.75, 3.05) is 26.8 Å². The summed E-state index contributed by atoms with van der Waals surface area (Å²) in [7, 11) is 1.69. The predicted molar refractivity (Wildman–Crippen MR) is 57.3 cm³/mol. The number of hydrogen-bond donors (Lipinski definition) is 2. The SMILES string of the molecule is COCCNCC1(O)CC(C(C)C)C1. The quantitative estimate of drug-likeness (QED) is 0.630. The molecule has 1 saturated carbocycles. The molecule has 3 nitrogen and oxygen atoms in total. The molecule has 0 heterocycles. The molecule has 84 valence electrons. The van der Waals surface area contributed by atoms with Gasteiger partial charge in [0.2, 0.25) is 0 Å². The molecule has 1 aliphatic carbocycles. The van der Waals surface area contributed by atoms with Crippen LogP contribution in [0.15, 0.2) is 0 Å². The van der Waals surface area contributed by atoms with E-state index in [1.807, 2.05) is 0 Å². The van der Waals surface area contributed by atoms with Crippen molar-refractivity contribution >= 4 is 0 Å². The first-order valence-electron chi connectivity index (χ1n) is 5.49. The Hall–Kier alpha value is -0.120. The van der Waals surface area contributed by atoms with E-state index < -0.39 is 5.60 Å². The van der Waals surface area contributed by atoms with Crippen LogP contribution in [0.2, 0.25) is 0 Å². The molecule has 0 bridgehead atoms. The fourth-order valence-corrected chi connectivity index (χ4v) is 2.03. The van der Waals surface area contributed by atoms with Crippen molar-refractivity contribution in [2.24, 2.45) is 11.8 Å². The van der Waals surface area contributed by atoms with Gasteiger partial charge in [-0.25, -0.2) is 0 Å². The Balaban J connectivity index is 2.08. The van der Waals surface area contributed by atoms with Crippen LogP contribution in [0.1, 0.15) is 26.7 Å². The molecule has 0 unspecified atom stereocenters. The summed E-state index contributed by atoms with van der Waals surface area (Å²) < 4.78 is 4.92. The molecule has 14 heavy (non-hydrogen) atoms. The van der Waals surface area contributed by atoms with E-state index >= 15 is 0 Å². The van der Waals surface area contributed by atoms with E-state index in [1.165, 1.54) is 0 Å². The minimum absolute atomic E-state index is 0.442. The van der Waals surface area contributed by atoms with Crippen molar-refractivity contribution < 1.29 is 9.84 Å². The molecule has 1 rings (SSSR count). The molecule has 0 aliphatic heterocycles. The molecule has 1 fully saturated rings. The van der Waals surface area contributed by atoms with E-state index in [0.717, 1.165) is 19.4 Å². The van der Waals surface area contributed by atoms with E-state index in [2.05, 4.69) is 19.2 Å². The number of rotatable bonds is 6. The number of hydrogen-bond acceptors (Lipinski definition) is 3. The van der Waals surface area contributed by atoms with Gasteiger partial charge in [-0.05, 0) is 24.7 Å². The second-order valence-corrected chi connectivity index (χ2v) is 4.81. The minimum atomic E-state index is -0.442. The Labute approximate surface area is 86.8 Å². The first-order chi connectivity index (χ1) is 6.57.